The van der Waals surface area contributed by atoms with E-state index in [4.69, 9.17) is 9.29 Å². The van der Waals surface area contributed by atoms with E-state index in [0.29, 0.717) is 5.56 Å². The molecule has 0 spiro atoms. The molecule has 1 aliphatic heterocycles. The van der Waals surface area contributed by atoms with Crippen LogP contribution >= 0.6 is 0 Å². The van der Waals surface area contributed by atoms with Crippen molar-refractivity contribution in [2.24, 2.45) is 0 Å². The molecule has 0 amide bonds. The van der Waals surface area contributed by atoms with Gasteiger partial charge in [-0.1, -0.05) is 6.07 Å². The molecule has 2 atom stereocenters. The second-order valence-electron chi connectivity index (χ2n) is 5.49. The van der Waals surface area contributed by atoms with Crippen molar-refractivity contribution in [1.29, 1.82) is 0 Å². The maximum absolute atomic E-state index is 10.8. The summed E-state index contributed by atoms with van der Waals surface area (Å²) in [5, 5.41) is 39.2. The smallest absolute Gasteiger partial charge is 0.446 e. The summed E-state index contributed by atoms with van der Waals surface area (Å²) in [7, 11) is -4.78. The minimum Gasteiger partial charge on any atom is -0.507 e. The highest BCUT2D eigenvalue weighted by atomic mass is 32.3. The molecule has 2 aromatic carbocycles. The summed E-state index contributed by atoms with van der Waals surface area (Å²) in [6, 6.07) is 5.99. The first kappa shape index (κ1) is 17.1. The number of ether oxygens (including phenoxy) is 1. The number of benzene rings is 2. The van der Waals surface area contributed by atoms with Crippen molar-refractivity contribution < 1.29 is 42.3 Å². The number of phenolic OH excluding ortho intramolecular Hbond substituents is 3. The average molecular weight is 370 g/mol. The molecule has 5 N–H and O–H groups in total. The summed E-state index contributed by atoms with van der Waals surface area (Å²) in [6.45, 7) is 0. The quantitative estimate of drug-likeness (QED) is 0.393. The Morgan fingerprint density at radius 3 is 2.40 bits per heavy atom. The van der Waals surface area contributed by atoms with Crippen LogP contribution in [0.4, 0.5) is 0 Å². The molecule has 0 saturated carbocycles. The van der Waals surface area contributed by atoms with Gasteiger partial charge < -0.3 is 29.3 Å². The Hall–Kier alpha value is -2.69. The van der Waals surface area contributed by atoms with Gasteiger partial charge in [0, 0.05) is 24.1 Å². The van der Waals surface area contributed by atoms with Crippen LogP contribution in [0.3, 0.4) is 0 Å². The van der Waals surface area contributed by atoms with Crippen LogP contribution in [0, 0.1) is 0 Å². The van der Waals surface area contributed by atoms with Crippen LogP contribution in [0.15, 0.2) is 30.3 Å². The third kappa shape index (κ3) is 3.55. The molecule has 1 aliphatic rings. The van der Waals surface area contributed by atoms with Crippen LogP contribution in [0.1, 0.15) is 17.2 Å². The Balaban J connectivity index is 1.98. The lowest BCUT2D eigenvalue weighted by atomic mass is 9.94. The number of aliphatic hydroxyl groups excluding tert-OH is 1. The Labute approximate surface area is 142 Å². The largest absolute Gasteiger partial charge is 0.507 e. The standard InChI is InChI=1S/C15H14O9S/c16-10-2-1-7(3-12(10)18)15-13(19)6-9-11(17)4-8(5-14(9)23-15)24-25(20,21)22/h1-5,13,15-19H,6H2,(H,20,21,22)/t13-,15-/m1/s1. The monoisotopic (exact) mass is 370 g/mol. The van der Waals surface area contributed by atoms with E-state index < -0.39 is 28.4 Å². The Bertz CT molecular complexity index is 923. The lowest BCUT2D eigenvalue weighted by molar-refractivity contribution is 0.0197. The minimum atomic E-state index is -4.78. The summed E-state index contributed by atoms with van der Waals surface area (Å²) in [5.41, 5.74) is 0.587. The Morgan fingerprint density at radius 2 is 1.76 bits per heavy atom. The SMILES string of the molecule is O=S(=O)(O)Oc1cc(O)c2c(c1)O[C@H](c1ccc(O)c(O)c1)[C@H](O)C2. The second-order valence-corrected chi connectivity index (χ2v) is 6.51. The molecule has 0 aromatic heterocycles. The molecule has 2 aromatic rings. The van der Waals surface area contributed by atoms with Gasteiger partial charge in [0.1, 0.15) is 17.6 Å². The van der Waals surface area contributed by atoms with Gasteiger partial charge >= 0.3 is 10.4 Å². The molecule has 1 heterocycles. The van der Waals surface area contributed by atoms with Crippen LogP contribution in [0.2, 0.25) is 0 Å². The fourth-order valence-electron chi connectivity index (χ4n) is 2.63. The molecule has 3 rings (SSSR count). The highest BCUT2D eigenvalue weighted by Crippen LogP contribution is 2.43. The van der Waals surface area contributed by atoms with E-state index in [1.54, 1.807) is 0 Å². The van der Waals surface area contributed by atoms with E-state index in [1.807, 2.05) is 0 Å². The van der Waals surface area contributed by atoms with Gasteiger partial charge in [0.05, 0.1) is 6.10 Å². The average Bonchev–Trinajstić information content (AvgIpc) is 2.49. The third-order valence-corrected chi connectivity index (χ3v) is 4.11. The molecule has 10 heteroatoms. The zero-order chi connectivity index (χ0) is 18.4. The first-order valence-electron chi connectivity index (χ1n) is 7.03. The summed E-state index contributed by atoms with van der Waals surface area (Å²) in [5.74, 6) is -1.44. The maximum Gasteiger partial charge on any atom is 0.446 e. The van der Waals surface area contributed by atoms with Crippen molar-refractivity contribution in [3.63, 3.8) is 0 Å². The fraction of sp³-hybridized carbons (Fsp3) is 0.200. The summed E-state index contributed by atoms with van der Waals surface area (Å²) in [4.78, 5) is 0. The first-order chi connectivity index (χ1) is 11.6. The molecule has 0 bridgehead atoms. The molecule has 0 saturated heterocycles. The molecule has 0 aliphatic carbocycles. The van der Waals surface area contributed by atoms with Gasteiger partial charge in [-0.3, -0.25) is 4.55 Å². The van der Waals surface area contributed by atoms with E-state index in [0.717, 1.165) is 12.1 Å². The molecule has 0 fully saturated rings. The normalized spacial score (nSPS) is 19.8. The summed E-state index contributed by atoms with van der Waals surface area (Å²) in [6.07, 6.45) is -2.03. The van der Waals surface area contributed by atoms with E-state index in [1.165, 1.54) is 18.2 Å². The minimum absolute atomic E-state index is 0.0143. The van der Waals surface area contributed by atoms with Crippen LogP contribution < -0.4 is 8.92 Å². The lowest BCUT2D eigenvalue weighted by Gasteiger charge is -2.31. The number of hydrogen-bond donors (Lipinski definition) is 5. The zero-order valence-corrected chi connectivity index (χ0v) is 13.3. The third-order valence-electron chi connectivity index (χ3n) is 3.71. The van der Waals surface area contributed by atoms with Crippen molar-refractivity contribution in [2.45, 2.75) is 18.6 Å². The van der Waals surface area contributed by atoms with Gasteiger partial charge in [-0.05, 0) is 17.7 Å². The highest BCUT2D eigenvalue weighted by molar-refractivity contribution is 7.81. The van der Waals surface area contributed by atoms with Crippen LogP contribution in [-0.4, -0.2) is 39.5 Å². The Kier molecular flexibility index (Phi) is 4.11. The summed E-state index contributed by atoms with van der Waals surface area (Å²) < 4.78 is 40.2. The molecule has 0 radical (unpaired) electrons. The van der Waals surface area contributed by atoms with Crippen molar-refractivity contribution in [2.75, 3.05) is 0 Å². The molecular weight excluding hydrogens is 356 g/mol. The number of rotatable bonds is 3. The predicted octanol–water partition coefficient (Wildman–Crippen LogP) is 1.02. The van der Waals surface area contributed by atoms with Gasteiger partial charge in [-0.2, -0.15) is 8.42 Å². The second kappa shape index (κ2) is 5.99. The van der Waals surface area contributed by atoms with E-state index in [9.17, 15) is 28.8 Å². The number of fused-ring (bicyclic) bond motifs is 1. The van der Waals surface area contributed by atoms with Gasteiger partial charge in [-0.25, -0.2) is 0 Å². The summed E-state index contributed by atoms with van der Waals surface area (Å²) >= 11 is 0. The predicted molar refractivity (Wildman–Crippen MR) is 83.1 cm³/mol. The van der Waals surface area contributed by atoms with E-state index >= 15 is 0 Å². The van der Waals surface area contributed by atoms with Crippen molar-refractivity contribution in [3.8, 4) is 28.7 Å². The molecule has 9 nitrogen and oxygen atoms in total. The van der Waals surface area contributed by atoms with Crippen molar-refractivity contribution in [1.82, 2.24) is 0 Å². The van der Waals surface area contributed by atoms with Crippen molar-refractivity contribution in [3.05, 3.63) is 41.5 Å². The Morgan fingerprint density at radius 1 is 1.04 bits per heavy atom. The van der Waals surface area contributed by atoms with Crippen LogP contribution in [-0.2, 0) is 16.8 Å². The van der Waals surface area contributed by atoms with Crippen LogP contribution in [0.5, 0.6) is 28.7 Å². The van der Waals surface area contributed by atoms with Gasteiger partial charge in [0.15, 0.2) is 17.2 Å². The van der Waals surface area contributed by atoms with Gasteiger partial charge in [0.2, 0.25) is 0 Å². The molecular formula is C15H14O9S. The fourth-order valence-corrected chi connectivity index (χ4v) is 2.96. The molecule has 134 valence electrons. The topological polar surface area (TPSA) is 154 Å². The number of aliphatic hydroxyl groups is 1. The molecule has 25 heavy (non-hydrogen) atoms. The lowest BCUT2D eigenvalue weighted by Crippen LogP contribution is -2.30. The van der Waals surface area contributed by atoms with E-state index in [2.05, 4.69) is 4.18 Å². The molecule has 0 unspecified atom stereocenters. The van der Waals surface area contributed by atoms with Crippen LogP contribution in [0.25, 0.3) is 0 Å². The number of hydrogen-bond acceptors (Lipinski definition) is 8. The maximum atomic E-state index is 10.8. The number of phenols is 3. The van der Waals surface area contributed by atoms with Gasteiger partial charge in [0.25, 0.3) is 0 Å². The number of aromatic hydroxyl groups is 3. The first-order valence-corrected chi connectivity index (χ1v) is 8.40. The van der Waals surface area contributed by atoms with Gasteiger partial charge in [-0.15, -0.1) is 0 Å². The van der Waals surface area contributed by atoms with E-state index in [-0.39, 0.29) is 35.0 Å². The van der Waals surface area contributed by atoms with Crippen molar-refractivity contribution >= 4 is 10.4 Å². The highest BCUT2D eigenvalue weighted by Gasteiger charge is 2.32. The zero-order valence-electron chi connectivity index (χ0n) is 12.5.